The van der Waals surface area contributed by atoms with Crippen LogP contribution in [0.2, 0.25) is 0 Å². The number of benzene rings is 1. The van der Waals surface area contributed by atoms with E-state index in [0.717, 1.165) is 6.54 Å². The van der Waals surface area contributed by atoms with Gasteiger partial charge in [0.25, 0.3) is 0 Å². The fourth-order valence-corrected chi connectivity index (χ4v) is 2.40. The fraction of sp³-hybridized carbons (Fsp3) is 0.571. The van der Waals surface area contributed by atoms with Gasteiger partial charge in [-0.25, -0.2) is 0 Å². The van der Waals surface area contributed by atoms with Crippen LogP contribution in [-0.4, -0.2) is 6.54 Å². The molecule has 2 N–H and O–H groups in total. The van der Waals surface area contributed by atoms with Crippen molar-refractivity contribution in [1.82, 2.24) is 0 Å². The summed E-state index contributed by atoms with van der Waals surface area (Å²) in [6, 6.07) is 6.95. The number of rotatable bonds is 1. The van der Waals surface area contributed by atoms with Crippen molar-refractivity contribution in [3.8, 4) is 0 Å². The van der Waals surface area contributed by atoms with Crippen molar-refractivity contribution in [3.05, 3.63) is 34.9 Å². The van der Waals surface area contributed by atoms with Crippen molar-refractivity contribution < 1.29 is 0 Å². The Morgan fingerprint density at radius 1 is 1.33 bits per heavy atom. The number of nitrogens with two attached hydrogens (primary N) is 1. The van der Waals surface area contributed by atoms with Gasteiger partial charge in [0, 0.05) is 0 Å². The van der Waals surface area contributed by atoms with Crippen LogP contribution < -0.4 is 5.73 Å². The van der Waals surface area contributed by atoms with Crippen LogP contribution in [0.4, 0.5) is 0 Å². The molecule has 0 aromatic heterocycles. The summed E-state index contributed by atoms with van der Waals surface area (Å²) >= 11 is 0. The second kappa shape index (κ2) is 3.64. The van der Waals surface area contributed by atoms with Gasteiger partial charge in [-0.2, -0.15) is 0 Å². The molecule has 0 amide bonds. The molecule has 1 atom stereocenters. The number of fused-ring (bicyclic) bond motifs is 1. The average Bonchev–Trinajstić information content (AvgIpc) is 2.57. The molecule has 0 bridgehead atoms. The highest BCUT2D eigenvalue weighted by Gasteiger charge is 2.23. The zero-order valence-electron chi connectivity index (χ0n) is 10.0. The predicted octanol–water partition coefficient (Wildman–Crippen LogP) is 2.97. The summed E-state index contributed by atoms with van der Waals surface area (Å²) in [5.74, 6) is 0.599. The first-order valence-electron chi connectivity index (χ1n) is 5.86. The van der Waals surface area contributed by atoms with E-state index in [1.807, 2.05) is 0 Å². The third-order valence-electron chi connectivity index (χ3n) is 3.50. The largest absolute Gasteiger partial charge is 0.330 e. The third-order valence-corrected chi connectivity index (χ3v) is 3.50. The molecule has 2 rings (SSSR count). The van der Waals surface area contributed by atoms with E-state index < -0.39 is 0 Å². The molecule has 1 aromatic rings. The first kappa shape index (κ1) is 10.7. The molecular weight excluding hydrogens is 182 g/mol. The standard InChI is InChI=1S/C14H21N/c1-14(2,3)12-7-6-10-4-5-11(9-15)13(10)8-12/h6-8,11H,4-5,9,15H2,1-3H3. The lowest BCUT2D eigenvalue weighted by Gasteiger charge is -2.21. The van der Waals surface area contributed by atoms with Crippen LogP contribution in [0.1, 0.15) is 49.8 Å². The van der Waals surface area contributed by atoms with Crippen molar-refractivity contribution in [1.29, 1.82) is 0 Å². The Morgan fingerprint density at radius 3 is 2.67 bits per heavy atom. The molecule has 15 heavy (non-hydrogen) atoms. The Morgan fingerprint density at radius 2 is 2.07 bits per heavy atom. The SMILES string of the molecule is CC(C)(C)c1ccc2c(c1)C(CN)CC2. The van der Waals surface area contributed by atoms with E-state index in [1.165, 1.54) is 29.5 Å². The van der Waals surface area contributed by atoms with E-state index in [2.05, 4.69) is 39.0 Å². The Kier molecular flexibility index (Phi) is 2.59. The number of hydrogen-bond acceptors (Lipinski definition) is 1. The summed E-state index contributed by atoms with van der Waals surface area (Å²) in [7, 11) is 0. The Hall–Kier alpha value is -0.820. The van der Waals surface area contributed by atoms with Crippen LogP contribution >= 0.6 is 0 Å². The molecule has 0 saturated heterocycles. The minimum absolute atomic E-state index is 0.247. The first-order chi connectivity index (χ1) is 7.02. The van der Waals surface area contributed by atoms with Crippen LogP contribution in [0, 0.1) is 0 Å². The summed E-state index contributed by atoms with van der Waals surface area (Å²) in [6.07, 6.45) is 2.45. The van der Waals surface area contributed by atoms with E-state index in [0.29, 0.717) is 5.92 Å². The zero-order chi connectivity index (χ0) is 11.1. The average molecular weight is 203 g/mol. The normalized spacial score (nSPS) is 20.4. The summed E-state index contributed by atoms with van der Waals surface area (Å²) in [5.41, 5.74) is 10.5. The quantitative estimate of drug-likeness (QED) is 0.746. The molecule has 1 aliphatic rings. The molecule has 1 unspecified atom stereocenters. The maximum atomic E-state index is 5.81. The van der Waals surface area contributed by atoms with Crippen molar-refractivity contribution in [3.63, 3.8) is 0 Å². The van der Waals surface area contributed by atoms with Crippen molar-refractivity contribution in [2.45, 2.75) is 44.9 Å². The highest BCUT2D eigenvalue weighted by Crippen LogP contribution is 2.35. The fourth-order valence-electron chi connectivity index (χ4n) is 2.40. The van der Waals surface area contributed by atoms with E-state index >= 15 is 0 Å². The van der Waals surface area contributed by atoms with E-state index in [4.69, 9.17) is 5.73 Å². The van der Waals surface area contributed by atoms with Gasteiger partial charge in [-0.1, -0.05) is 39.0 Å². The van der Waals surface area contributed by atoms with E-state index in [9.17, 15) is 0 Å². The van der Waals surface area contributed by atoms with Crippen LogP contribution in [0.5, 0.6) is 0 Å². The van der Waals surface area contributed by atoms with Gasteiger partial charge in [0.2, 0.25) is 0 Å². The van der Waals surface area contributed by atoms with Gasteiger partial charge in [0.05, 0.1) is 0 Å². The molecule has 0 radical (unpaired) electrons. The third kappa shape index (κ3) is 1.93. The van der Waals surface area contributed by atoms with Crippen molar-refractivity contribution in [2.75, 3.05) is 6.54 Å². The summed E-state index contributed by atoms with van der Waals surface area (Å²) in [6.45, 7) is 7.59. The Labute approximate surface area is 92.7 Å². The summed E-state index contributed by atoms with van der Waals surface area (Å²) < 4.78 is 0. The molecule has 0 aliphatic heterocycles. The van der Waals surface area contributed by atoms with Crippen LogP contribution in [0.15, 0.2) is 18.2 Å². The molecule has 1 nitrogen and oxygen atoms in total. The van der Waals surface area contributed by atoms with Crippen LogP contribution in [0.3, 0.4) is 0 Å². The molecule has 0 fully saturated rings. The minimum Gasteiger partial charge on any atom is -0.330 e. The second-order valence-corrected chi connectivity index (χ2v) is 5.63. The second-order valence-electron chi connectivity index (χ2n) is 5.63. The molecular formula is C14H21N. The van der Waals surface area contributed by atoms with Crippen LogP contribution in [-0.2, 0) is 11.8 Å². The van der Waals surface area contributed by atoms with Gasteiger partial charge >= 0.3 is 0 Å². The topological polar surface area (TPSA) is 26.0 Å². The highest BCUT2D eigenvalue weighted by atomic mass is 14.6. The van der Waals surface area contributed by atoms with Gasteiger partial charge in [0.1, 0.15) is 0 Å². The van der Waals surface area contributed by atoms with Crippen molar-refractivity contribution >= 4 is 0 Å². The maximum absolute atomic E-state index is 5.81. The number of hydrogen-bond donors (Lipinski definition) is 1. The van der Waals surface area contributed by atoms with Gasteiger partial charge in [-0.3, -0.25) is 0 Å². The smallest absolute Gasteiger partial charge is 0.000802 e. The van der Waals surface area contributed by atoms with E-state index in [-0.39, 0.29) is 5.41 Å². The van der Waals surface area contributed by atoms with Gasteiger partial charge in [-0.05, 0) is 47.4 Å². The predicted molar refractivity (Wildman–Crippen MR) is 65.3 cm³/mol. The molecule has 1 heteroatoms. The zero-order valence-corrected chi connectivity index (χ0v) is 10.0. The molecule has 0 heterocycles. The molecule has 0 spiro atoms. The maximum Gasteiger partial charge on any atom is -0.000802 e. The molecule has 1 aromatic carbocycles. The van der Waals surface area contributed by atoms with Gasteiger partial charge in [-0.15, -0.1) is 0 Å². The monoisotopic (exact) mass is 203 g/mol. The summed E-state index contributed by atoms with van der Waals surface area (Å²) in [5, 5.41) is 0. The lowest BCUT2D eigenvalue weighted by Crippen LogP contribution is -2.13. The lowest BCUT2D eigenvalue weighted by atomic mass is 9.84. The Bertz CT molecular complexity index is 360. The van der Waals surface area contributed by atoms with Gasteiger partial charge in [0.15, 0.2) is 0 Å². The molecule has 82 valence electrons. The van der Waals surface area contributed by atoms with Gasteiger partial charge < -0.3 is 5.73 Å². The highest BCUT2D eigenvalue weighted by molar-refractivity contribution is 5.40. The first-order valence-corrected chi connectivity index (χ1v) is 5.86. The lowest BCUT2D eigenvalue weighted by molar-refractivity contribution is 0.588. The molecule has 1 aliphatic carbocycles. The number of aryl methyl sites for hydroxylation is 1. The Balaban J connectivity index is 2.41. The van der Waals surface area contributed by atoms with E-state index in [1.54, 1.807) is 0 Å². The van der Waals surface area contributed by atoms with Crippen LogP contribution in [0.25, 0.3) is 0 Å². The molecule has 0 saturated carbocycles. The minimum atomic E-state index is 0.247. The van der Waals surface area contributed by atoms with Crippen molar-refractivity contribution in [2.24, 2.45) is 5.73 Å². The summed E-state index contributed by atoms with van der Waals surface area (Å²) in [4.78, 5) is 0.